The summed E-state index contributed by atoms with van der Waals surface area (Å²) in [5.74, 6) is 0.744. The fourth-order valence-electron chi connectivity index (χ4n) is 3.42. The molecule has 0 bridgehead atoms. The molecule has 3 aromatic heterocycles. The van der Waals surface area contributed by atoms with Crippen LogP contribution < -0.4 is 0 Å². The first-order chi connectivity index (χ1) is 13.2. The van der Waals surface area contributed by atoms with E-state index in [-0.39, 0.29) is 0 Å². The summed E-state index contributed by atoms with van der Waals surface area (Å²) in [6, 6.07) is 18.3. The van der Waals surface area contributed by atoms with E-state index in [4.69, 9.17) is 11.6 Å². The van der Waals surface area contributed by atoms with Gasteiger partial charge in [-0.15, -0.1) is 10.2 Å². The first-order valence-electron chi connectivity index (χ1n) is 8.61. The molecule has 0 saturated carbocycles. The molecule has 0 N–H and O–H groups in total. The molecular formula is C21H15ClN4S. The van der Waals surface area contributed by atoms with Crippen LogP contribution in [0.4, 0.5) is 0 Å². The van der Waals surface area contributed by atoms with Crippen molar-refractivity contribution in [2.75, 3.05) is 0 Å². The highest BCUT2D eigenvalue weighted by molar-refractivity contribution is 7.98. The number of nitrogens with zero attached hydrogens (tertiary/aromatic N) is 4. The molecule has 27 heavy (non-hydrogen) atoms. The zero-order valence-corrected chi connectivity index (χ0v) is 16.1. The number of benzene rings is 2. The van der Waals surface area contributed by atoms with Crippen molar-refractivity contribution in [2.45, 2.75) is 17.8 Å². The van der Waals surface area contributed by atoms with Crippen LogP contribution in [0.1, 0.15) is 11.1 Å². The first-order valence-corrected chi connectivity index (χ1v) is 9.97. The van der Waals surface area contributed by atoms with E-state index >= 15 is 0 Å². The van der Waals surface area contributed by atoms with E-state index in [0.29, 0.717) is 0 Å². The molecule has 2 aromatic carbocycles. The summed E-state index contributed by atoms with van der Waals surface area (Å²) in [6.07, 6.45) is 1.80. The van der Waals surface area contributed by atoms with Crippen molar-refractivity contribution in [1.82, 2.24) is 19.6 Å². The molecule has 6 heteroatoms. The van der Waals surface area contributed by atoms with Crippen molar-refractivity contribution in [3.8, 4) is 0 Å². The summed E-state index contributed by atoms with van der Waals surface area (Å²) in [5.41, 5.74) is 5.27. The summed E-state index contributed by atoms with van der Waals surface area (Å²) in [5, 5.41) is 12.6. The third kappa shape index (κ3) is 2.74. The van der Waals surface area contributed by atoms with Crippen LogP contribution in [0.3, 0.4) is 0 Å². The van der Waals surface area contributed by atoms with E-state index in [0.717, 1.165) is 43.6 Å². The number of aromatic nitrogens is 4. The summed E-state index contributed by atoms with van der Waals surface area (Å²) in [4.78, 5) is 4.53. The molecule has 5 rings (SSSR count). The topological polar surface area (TPSA) is 43.1 Å². The molecular weight excluding hydrogens is 376 g/mol. The number of para-hydroxylation sites is 1. The van der Waals surface area contributed by atoms with E-state index < -0.39 is 0 Å². The largest absolute Gasteiger partial charge is 0.270 e. The van der Waals surface area contributed by atoms with Gasteiger partial charge in [-0.2, -0.15) is 0 Å². The number of aryl methyl sites for hydroxylation is 1. The molecule has 0 aliphatic rings. The van der Waals surface area contributed by atoms with Crippen LogP contribution >= 0.6 is 23.4 Å². The van der Waals surface area contributed by atoms with E-state index in [9.17, 15) is 0 Å². The SMILES string of the molecule is Cc1cc2nnc(SCc3ccc(Cl)c4cccnc34)n2c2ccccc12. The number of thioether (sulfide) groups is 1. The number of fused-ring (bicyclic) bond motifs is 4. The maximum absolute atomic E-state index is 6.31. The Labute approximate surface area is 165 Å². The van der Waals surface area contributed by atoms with Gasteiger partial charge in [0.05, 0.1) is 11.0 Å². The molecule has 0 spiro atoms. The molecule has 0 unspecified atom stereocenters. The molecule has 3 heterocycles. The predicted molar refractivity (Wildman–Crippen MR) is 112 cm³/mol. The Morgan fingerprint density at radius 2 is 1.85 bits per heavy atom. The van der Waals surface area contributed by atoms with E-state index in [1.54, 1.807) is 18.0 Å². The van der Waals surface area contributed by atoms with Crippen molar-refractivity contribution >= 4 is 50.8 Å². The van der Waals surface area contributed by atoms with E-state index in [1.807, 2.05) is 30.3 Å². The van der Waals surface area contributed by atoms with E-state index in [1.165, 1.54) is 10.9 Å². The standard InChI is InChI=1S/C21H15ClN4S/c1-13-11-19-24-25-21(26(19)18-7-3-2-5-15(13)18)27-12-14-8-9-17(22)16-6-4-10-23-20(14)16/h2-11H,12H2,1H3. The van der Waals surface area contributed by atoms with Crippen LogP contribution in [0, 0.1) is 6.92 Å². The van der Waals surface area contributed by atoms with Crippen molar-refractivity contribution in [1.29, 1.82) is 0 Å². The van der Waals surface area contributed by atoms with Gasteiger partial charge in [-0.1, -0.05) is 47.6 Å². The second-order valence-electron chi connectivity index (χ2n) is 6.42. The Hall–Kier alpha value is -2.63. The number of hydrogen-bond donors (Lipinski definition) is 0. The van der Waals surface area contributed by atoms with Crippen LogP contribution in [0.25, 0.3) is 27.5 Å². The highest BCUT2D eigenvalue weighted by Crippen LogP contribution is 2.31. The average Bonchev–Trinajstić information content (AvgIpc) is 3.11. The quantitative estimate of drug-likeness (QED) is 0.371. The van der Waals surface area contributed by atoms with Gasteiger partial charge in [0.15, 0.2) is 10.8 Å². The number of hydrogen-bond acceptors (Lipinski definition) is 4. The first kappa shape index (κ1) is 16.5. The normalized spacial score (nSPS) is 11.6. The minimum atomic E-state index is 0.723. The third-order valence-corrected chi connectivity index (χ3v) is 6.04. The minimum absolute atomic E-state index is 0.723. The molecule has 4 nitrogen and oxygen atoms in total. The lowest BCUT2D eigenvalue weighted by Crippen LogP contribution is -1.94. The van der Waals surface area contributed by atoms with Crippen LogP contribution in [0.5, 0.6) is 0 Å². The maximum atomic E-state index is 6.31. The fourth-order valence-corrected chi connectivity index (χ4v) is 4.58. The molecule has 0 atom stereocenters. The lowest BCUT2D eigenvalue weighted by Gasteiger charge is -2.08. The van der Waals surface area contributed by atoms with Gasteiger partial charge in [-0.3, -0.25) is 9.38 Å². The Morgan fingerprint density at radius 3 is 2.78 bits per heavy atom. The zero-order chi connectivity index (χ0) is 18.4. The summed E-state index contributed by atoms with van der Waals surface area (Å²) in [7, 11) is 0. The molecule has 132 valence electrons. The van der Waals surface area contributed by atoms with Gasteiger partial charge in [-0.05, 0) is 48.4 Å². The Morgan fingerprint density at radius 1 is 1.00 bits per heavy atom. The Bertz CT molecular complexity index is 1310. The van der Waals surface area contributed by atoms with Crippen LogP contribution in [-0.4, -0.2) is 19.6 Å². The molecule has 0 amide bonds. The molecule has 0 aliphatic heterocycles. The van der Waals surface area contributed by atoms with Crippen LogP contribution in [0.2, 0.25) is 5.02 Å². The summed E-state index contributed by atoms with van der Waals surface area (Å²) in [6.45, 7) is 2.11. The van der Waals surface area contributed by atoms with Gasteiger partial charge in [-0.25, -0.2) is 0 Å². The van der Waals surface area contributed by atoms with Crippen LogP contribution in [-0.2, 0) is 5.75 Å². The van der Waals surface area contributed by atoms with Gasteiger partial charge in [0, 0.05) is 27.7 Å². The maximum Gasteiger partial charge on any atom is 0.196 e. The average molecular weight is 391 g/mol. The third-order valence-electron chi connectivity index (χ3n) is 4.73. The van der Waals surface area contributed by atoms with Crippen molar-refractivity contribution in [3.63, 3.8) is 0 Å². The molecule has 0 radical (unpaired) electrons. The number of rotatable bonds is 3. The van der Waals surface area contributed by atoms with Crippen molar-refractivity contribution < 1.29 is 0 Å². The van der Waals surface area contributed by atoms with Crippen molar-refractivity contribution in [3.05, 3.63) is 76.9 Å². The Kier molecular flexibility index (Phi) is 3.99. The monoisotopic (exact) mass is 390 g/mol. The lowest BCUT2D eigenvalue weighted by molar-refractivity contribution is 0.940. The van der Waals surface area contributed by atoms with Gasteiger partial charge in [0.1, 0.15) is 0 Å². The molecule has 5 aromatic rings. The second kappa shape index (κ2) is 6.51. The number of halogens is 1. The van der Waals surface area contributed by atoms with Gasteiger partial charge >= 0.3 is 0 Å². The number of pyridine rings is 2. The Balaban J connectivity index is 1.59. The van der Waals surface area contributed by atoms with Gasteiger partial charge in [0.25, 0.3) is 0 Å². The molecule has 0 fully saturated rings. The molecule has 0 aliphatic carbocycles. The van der Waals surface area contributed by atoms with Gasteiger partial charge < -0.3 is 0 Å². The van der Waals surface area contributed by atoms with Gasteiger partial charge in [0.2, 0.25) is 0 Å². The minimum Gasteiger partial charge on any atom is -0.270 e. The van der Waals surface area contributed by atoms with E-state index in [2.05, 4.69) is 50.8 Å². The summed E-state index contributed by atoms with van der Waals surface area (Å²) >= 11 is 7.97. The highest BCUT2D eigenvalue weighted by atomic mass is 35.5. The lowest BCUT2D eigenvalue weighted by atomic mass is 10.1. The predicted octanol–water partition coefficient (Wildman–Crippen LogP) is 5.68. The zero-order valence-electron chi connectivity index (χ0n) is 14.6. The highest BCUT2D eigenvalue weighted by Gasteiger charge is 2.13. The molecule has 0 saturated heterocycles. The fraction of sp³-hybridized carbons (Fsp3) is 0.0952. The summed E-state index contributed by atoms with van der Waals surface area (Å²) < 4.78 is 2.12. The van der Waals surface area contributed by atoms with Crippen LogP contribution in [0.15, 0.2) is 66.0 Å². The van der Waals surface area contributed by atoms with Crippen molar-refractivity contribution in [2.24, 2.45) is 0 Å². The second-order valence-corrected chi connectivity index (χ2v) is 7.77. The smallest absolute Gasteiger partial charge is 0.196 e.